The fraction of sp³-hybridized carbons (Fsp3) is 0.500. The fourth-order valence-corrected chi connectivity index (χ4v) is 1.90. The summed E-state index contributed by atoms with van der Waals surface area (Å²) in [6.07, 6.45) is 0. The van der Waals surface area contributed by atoms with Crippen LogP contribution in [0.1, 0.15) is 10.7 Å². The minimum atomic E-state index is -1.14. The molecule has 3 N–H and O–H groups in total. The molecule has 0 bridgehead atoms. The topological polar surface area (TPSA) is 101 Å². The first-order chi connectivity index (χ1) is 8.52. The van der Waals surface area contributed by atoms with Crippen molar-refractivity contribution >= 4 is 23.3 Å². The van der Waals surface area contributed by atoms with Gasteiger partial charge in [0.05, 0.1) is 13.2 Å². The van der Waals surface area contributed by atoms with Crippen molar-refractivity contribution in [2.75, 3.05) is 13.7 Å². The smallest absolute Gasteiger partial charge is 0.328 e. The number of aromatic nitrogens is 1. The van der Waals surface area contributed by atoms with Crippen molar-refractivity contribution in [2.24, 2.45) is 0 Å². The molecule has 2 amide bonds. The van der Waals surface area contributed by atoms with Gasteiger partial charge in [-0.05, 0) is 6.92 Å². The summed E-state index contributed by atoms with van der Waals surface area (Å²) in [5.74, 6) is -1.14. The van der Waals surface area contributed by atoms with Crippen molar-refractivity contribution < 1.29 is 19.4 Å². The molecule has 18 heavy (non-hydrogen) atoms. The van der Waals surface area contributed by atoms with E-state index < -0.39 is 18.0 Å². The Labute approximate surface area is 108 Å². The van der Waals surface area contributed by atoms with Crippen LogP contribution in [0.3, 0.4) is 0 Å². The predicted octanol–water partition coefficient (Wildman–Crippen LogP) is 0.350. The molecule has 0 aliphatic heterocycles. The van der Waals surface area contributed by atoms with Crippen LogP contribution in [0.4, 0.5) is 4.79 Å². The van der Waals surface area contributed by atoms with Crippen LogP contribution in [0.5, 0.6) is 0 Å². The monoisotopic (exact) mass is 273 g/mol. The number of aliphatic carboxylic acids is 1. The van der Waals surface area contributed by atoms with Gasteiger partial charge in [0.25, 0.3) is 0 Å². The number of rotatable bonds is 6. The Hall–Kier alpha value is -1.67. The highest BCUT2D eigenvalue weighted by atomic mass is 32.1. The quantitative estimate of drug-likeness (QED) is 0.694. The summed E-state index contributed by atoms with van der Waals surface area (Å²) in [6.45, 7) is 2.04. The maximum Gasteiger partial charge on any atom is 0.328 e. The fourth-order valence-electron chi connectivity index (χ4n) is 1.19. The number of nitrogens with zero attached hydrogens (tertiary/aromatic N) is 1. The summed E-state index contributed by atoms with van der Waals surface area (Å²) in [6, 6.07) is -1.62. The molecule has 1 atom stereocenters. The Balaban J connectivity index is 2.38. The molecule has 7 nitrogen and oxygen atoms in total. The number of carboxylic acids is 1. The third kappa shape index (κ3) is 4.68. The zero-order valence-corrected chi connectivity index (χ0v) is 10.9. The van der Waals surface area contributed by atoms with Gasteiger partial charge in [0.15, 0.2) is 6.04 Å². The van der Waals surface area contributed by atoms with Gasteiger partial charge in [-0.25, -0.2) is 14.6 Å². The Bertz CT molecular complexity index is 421. The second kappa shape index (κ2) is 6.92. The molecule has 0 aromatic carbocycles. The molecular weight excluding hydrogens is 258 g/mol. The van der Waals surface area contributed by atoms with E-state index in [4.69, 9.17) is 9.84 Å². The van der Waals surface area contributed by atoms with E-state index in [0.717, 1.165) is 10.7 Å². The lowest BCUT2D eigenvalue weighted by Gasteiger charge is -2.13. The number of carbonyl (C=O) groups is 2. The van der Waals surface area contributed by atoms with Crippen LogP contribution >= 0.6 is 11.3 Å². The molecule has 0 spiro atoms. The lowest BCUT2D eigenvalue weighted by Crippen LogP contribution is -2.48. The summed E-state index contributed by atoms with van der Waals surface area (Å²) < 4.78 is 4.70. The zero-order valence-electron chi connectivity index (χ0n) is 10.1. The number of hydrogen-bond acceptors (Lipinski definition) is 5. The van der Waals surface area contributed by atoms with Gasteiger partial charge in [-0.2, -0.15) is 0 Å². The molecule has 0 aliphatic carbocycles. The lowest BCUT2D eigenvalue weighted by molar-refractivity contribution is -0.140. The van der Waals surface area contributed by atoms with E-state index in [2.05, 4.69) is 15.6 Å². The van der Waals surface area contributed by atoms with Crippen molar-refractivity contribution in [1.29, 1.82) is 0 Å². The van der Waals surface area contributed by atoms with Gasteiger partial charge in [-0.3, -0.25) is 0 Å². The Morgan fingerprint density at radius 1 is 1.61 bits per heavy atom. The first-order valence-electron chi connectivity index (χ1n) is 5.20. The van der Waals surface area contributed by atoms with Crippen molar-refractivity contribution in [3.8, 4) is 0 Å². The predicted molar refractivity (Wildman–Crippen MR) is 65.5 cm³/mol. The number of ether oxygens (including phenoxy) is 1. The van der Waals surface area contributed by atoms with Crippen LogP contribution in [0.15, 0.2) is 5.38 Å². The molecule has 100 valence electrons. The molecule has 1 aromatic heterocycles. The first kappa shape index (κ1) is 14.4. The summed E-state index contributed by atoms with van der Waals surface area (Å²) in [5.41, 5.74) is 0.889. The Morgan fingerprint density at radius 2 is 2.33 bits per heavy atom. The molecule has 1 rings (SSSR count). The van der Waals surface area contributed by atoms with Crippen LogP contribution < -0.4 is 10.6 Å². The Kier molecular flexibility index (Phi) is 5.53. The van der Waals surface area contributed by atoms with Crippen molar-refractivity contribution in [3.63, 3.8) is 0 Å². The summed E-state index contributed by atoms with van der Waals surface area (Å²) in [5, 5.41) is 16.3. The number of hydrogen-bond donors (Lipinski definition) is 3. The van der Waals surface area contributed by atoms with Gasteiger partial charge in [-0.1, -0.05) is 0 Å². The molecule has 0 fully saturated rings. The van der Waals surface area contributed by atoms with E-state index in [0.29, 0.717) is 0 Å². The minimum absolute atomic E-state index is 0.0842. The van der Waals surface area contributed by atoms with Crippen LogP contribution in [0.25, 0.3) is 0 Å². The van der Waals surface area contributed by atoms with E-state index in [9.17, 15) is 9.59 Å². The van der Waals surface area contributed by atoms with E-state index in [1.165, 1.54) is 18.4 Å². The van der Waals surface area contributed by atoms with Gasteiger partial charge < -0.3 is 20.5 Å². The maximum absolute atomic E-state index is 11.4. The average Bonchev–Trinajstić information content (AvgIpc) is 2.72. The number of nitrogens with one attached hydrogen (secondary N) is 2. The number of thiazole rings is 1. The van der Waals surface area contributed by atoms with Crippen molar-refractivity contribution in [2.45, 2.75) is 19.5 Å². The van der Waals surface area contributed by atoms with Gasteiger partial charge in [-0.15, -0.1) is 11.3 Å². The third-order valence-electron chi connectivity index (χ3n) is 2.00. The first-order valence-corrected chi connectivity index (χ1v) is 6.08. The molecule has 0 aliphatic rings. The highest BCUT2D eigenvalue weighted by Gasteiger charge is 2.19. The van der Waals surface area contributed by atoms with E-state index >= 15 is 0 Å². The van der Waals surface area contributed by atoms with Gasteiger partial charge in [0.2, 0.25) is 0 Å². The third-order valence-corrected chi connectivity index (χ3v) is 2.97. The molecule has 1 heterocycles. The van der Waals surface area contributed by atoms with Gasteiger partial charge in [0.1, 0.15) is 5.01 Å². The zero-order chi connectivity index (χ0) is 13.5. The minimum Gasteiger partial charge on any atom is -0.480 e. The van der Waals surface area contributed by atoms with E-state index in [-0.39, 0.29) is 13.2 Å². The Morgan fingerprint density at radius 3 is 2.83 bits per heavy atom. The van der Waals surface area contributed by atoms with E-state index in [1.807, 2.05) is 12.3 Å². The number of aryl methyl sites for hydroxylation is 1. The van der Waals surface area contributed by atoms with Crippen LogP contribution in [0, 0.1) is 6.92 Å². The normalized spacial score (nSPS) is 11.9. The molecule has 8 heteroatoms. The molecule has 1 unspecified atom stereocenters. The molecule has 0 radical (unpaired) electrons. The van der Waals surface area contributed by atoms with Crippen molar-refractivity contribution in [3.05, 3.63) is 16.1 Å². The summed E-state index contributed by atoms with van der Waals surface area (Å²) in [4.78, 5) is 26.4. The van der Waals surface area contributed by atoms with Crippen LogP contribution in [-0.4, -0.2) is 41.8 Å². The van der Waals surface area contributed by atoms with Gasteiger partial charge in [0, 0.05) is 18.2 Å². The summed E-state index contributed by atoms with van der Waals surface area (Å²) in [7, 11) is 1.37. The number of carbonyl (C=O) groups excluding carboxylic acids is 1. The second-order valence-corrected chi connectivity index (χ2v) is 4.50. The second-order valence-electron chi connectivity index (χ2n) is 3.56. The molecule has 1 aromatic rings. The highest BCUT2D eigenvalue weighted by molar-refractivity contribution is 7.09. The number of amides is 2. The largest absolute Gasteiger partial charge is 0.480 e. The number of methoxy groups -OCH3 is 1. The average molecular weight is 273 g/mol. The van der Waals surface area contributed by atoms with E-state index in [1.54, 1.807) is 0 Å². The van der Waals surface area contributed by atoms with Crippen LogP contribution in [0.2, 0.25) is 0 Å². The highest BCUT2D eigenvalue weighted by Crippen LogP contribution is 2.07. The van der Waals surface area contributed by atoms with Crippen molar-refractivity contribution in [1.82, 2.24) is 15.6 Å². The SMILES string of the molecule is COCC(NC(=O)NCc1nc(C)cs1)C(=O)O. The summed E-state index contributed by atoms with van der Waals surface area (Å²) >= 11 is 1.43. The number of urea groups is 1. The maximum atomic E-state index is 11.4. The molecule has 0 saturated carbocycles. The number of carboxylic acid groups (broad SMARTS) is 1. The molecule has 0 saturated heterocycles. The van der Waals surface area contributed by atoms with Crippen LogP contribution in [-0.2, 0) is 16.1 Å². The standard InChI is InChI=1S/C10H15N3O4S/c1-6-5-18-8(12-6)3-11-10(16)13-7(4-17-2)9(14)15/h5,7H,3-4H2,1-2H3,(H,14,15)(H2,11,13,16). The lowest BCUT2D eigenvalue weighted by atomic mass is 10.3. The van der Waals surface area contributed by atoms with Gasteiger partial charge >= 0.3 is 12.0 Å². The molecular formula is C10H15N3O4S.